The fourth-order valence-electron chi connectivity index (χ4n) is 3.94. The van der Waals surface area contributed by atoms with Crippen molar-refractivity contribution in [3.63, 3.8) is 0 Å². The summed E-state index contributed by atoms with van der Waals surface area (Å²) in [6.07, 6.45) is 2.18. The van der Waals surface area contributed by atoms with Gasteiger partial charge in [-0.2, -0.15) is 0 Å². The third kappa shape index (κ3) is 4.67. The van der Waals surface area contributed by atoms with Gasteiger partial charge in [0.25, 0.3) is 5.91 Å². The fraction of sp³-hybridized carbons (Fsp3) is 0.364. The molecule has 2 aliphatic heterocycles. The van der Waals surface area contributed by atoms with Crippen LogP contribution in [0.2, 0.25) is 0 Å². The zero-order valence-electron chi connectivity index (χ0n) is 18.6. The molecule has 0 radical (unpaired) electrons. The van der Waals surface area contributed by atoms with E-state index in [0.717, 1.165) is 0 Å². The van der Waals surface area contributed by atoms with Gasteiger partial charge in [0.15, 0.2) is 0 Å². The Kier molecular flexibility index (Phi) is 6.68. The standard InChI is InChI=1S/C22H24N6O5S/c1-12-11-34-21-17(20(31)28(21)18(12)22(32)33)24-19(30)16(13-6-4-3-5-7-13)23-15(29)9-8-14-10-27(2)26-25-14/h3-7,10,16-17,21H,8-9,11H2,1-2H3,(H,23,29)(H,24,30)(H,32,33). The molecule has 3 atom stereocenters. The average Bonchev–Trinajstić information content (AvgIpc) is 3.24. The minimum Gasteiger partial charge on any atom is -0.477 e. The quantitative estimate of drug-likeness (QED) is 0.455. The second kappa shape index (κ2) is 9.67. The van der Waals surface area contributed by atoms with Crippen LogP contribution in [0.1, 0.15) is 30.6 Å². The van der Waals surface area contributed by atoms with Crippen molar-refractivity contribution in [2.75, 3.05) is 5.75 Å². The molecule has 1 aromatic carbocycles. The van der Waals surface area contributed by atoms with Crippen LogP contribution >= 0.6 is 11.8 Å². The Morgan fingerprint density at radius 3 is 2.65 bits per heavy atom. The van der Waals surface area contributed by atoms with E-state index in [1.54, 1.807) is 55.2 Å². The van der Waals surface area contributed by atoms with Crippen LogP contribution in [0.15, 0.2) is 47.8 Å². The highest BCUT2D eigenvalue weighted by Gasteiger charge is 2.54. The van der Waals surface area contributed by atoms with Gasteiger partial charge >= 0.3 is 5.97 Å². The zero-order valence-corrected chi connectivity index (χ0v) is 19.4. The smallest absolute Gasteiger partial charge is 0.352 e. The van der Waals surface area contributed by atoms with Crippen LogP contribution in [-0.4, -0.2) is 65.9 Å². The van der Waals surface area contributed by atoms with Gasteiger partial charge in [-0.05, 0) is 18.1 Å². The molecule has 1 fully saturated rings. The lowest BCUT2D eigenvalue weighted by molar-refractivity contribution is -0.151. The molecule has 0 saturated carbocycles. The number of fused-ring (bicyclic) bond motifs is 1. The number of aromatic nitrogens is 3. The highest BCUT2D eigenvalue weighted by Crippen LogP contribution is 2.40. The minimum absolute atomic E-state index is 0.0313. The summed E-state index contributed by atoms with van der Waals surface area (Å²) in [6.45, 7) is 1.67. The summed E-state index contributed by atoms with van der Waals surface area (Å²) in [5, 5.41) is 22.2. The number of carboxylic acids is 1. The lowest BCUT2D eigenvalue weighted by Gasteiger charge is -2.49. The number of hydrogen-bond donors (Lipinski definition) is 3. The molecule has 0 spiro atoms. The number of nitrogens with one attached hydrogen (secondary N) is 2. The van der Waals surface area contributed by atoms with Gasteiger partial charge < -0.3 is 15.7 Å². The van der Waals surface area contributed by atoms with Crippen molar-refractivity contribution in [2.45, 2.75) is 37.2 Å². The molecule has 3 N–H and O–H groups in total. The summed E-state index contributed by atoms with van der Waals surface area (Å²) >= 11 is 1.39. The first-order valence-corrected chi connectivity index (χ1v) is 11.7. The van der Waals surface area contributed by atoms with Gasteiger partial charge in [0.05, 0.1) is 5.69 Å². The van der Waals surface area contributed by atoms with Gasteiger partial charge in [-0.3, -0.25) is 24.0 Å². The number of β-lactam (4-membered cyclic amide) rings is 1. The summed E-state index contributed by atoms with van der Waals surface area (Å²) in [6, 6.07) is 6.84. The molecule has 11 nitrogen and oxygen atoms in total. The third-order valence-electron chi connectivity index (χ3n) is 5.62. The number of hydrogen-bond acceptors (Lipinski definition) is 7. The van der Waals surface area contributed by atoms with Crippen LogP contribution in [0.25, 0.3) is 0 Å². The Morgan fingerprint density at radius 2 is 2.00 bits per heavy atom. The lowest BCUT2D eigenvalue weighted by Crippen LogP contribution is -2.71. The first-order chi connectivity index (χ1) is 16.3. The first-order valence-electron chi connectivity index (χ1n) is 10.6. The van der Waals surface area contributed by atoms with Crippen molar-refractivity contribution < 1.29 is 24.3 Å². The summed E-state index contributed by atoms with van der Waals surface area (Å²) in [5.41, 5.74) is 1.79. The minimum atomic E-state index is -1.17. The Bertz CT molecular complexity index is 1160. The van der Waals surface area contributed by atoms with Crippen molar-refractivity contribution in [1.82, 2.24) is 30.5 Å². The van der Waals surface area contributed by atoms with Gasteiger partial charge in [0.1, 0.15) is 23.2 Å². The monoisotopic (exact) mass is 484 g/mol. The van der Waals surface area contributed by atoms with Gasteiger partial charge in [0, 0.05) is 31.8 Å². The molecule has 2 aromatic rings. The largest absolute Gasteiger partial charge is 0.477 e. The lowest BCUT2D eigenvalue weighted by atomic mass is 10.0. The van der Waals surface area contributed by atoms with E-state index in [4.69, 9.17) is 0 Å². The maximum absolute atomic E-state index is 13.2. The first kappa shape index (κ1) is 23.5. The summed E-state index contributed by atoms with van der Waals surface area (Å²) in [7, 11) is 1.73. The number of nitrogens with zero attached hydrogens (tertiary/aromatic N) is 4. The second-order valence-electron chi connectivity index (χ2n) is 8.12. The van der Waals surface area contributed by atoms with E-state index >= 15 is 0 Å². The second-order valence-corrected chi connectivity index (χ2v) is 9.23. The topological polar surface area (TPSA) is 147 Å². The maximum atomic E-state index is 13.2. The van der Waals surface area contributed by atoms with Gasteiger partial charge in [-0.25, -0.2) is 4.79 Å². The van der Waals surface area contributed by atoms with E-state index < -0.39 is 35.2 Å². The molecule has 3 unspecified atom stereocenters. The van der Waals surface area contributed by atoms with E-state index in [1.807, 2.05) is 0 Å². The highest BCUT2D eigenvalue weighted by molar-refractivity contribution is 8.00. The number of benzene rings is 1. The van der Waals surface area contributed by atoms with Crippen molar-refractivity contribution in [3.05, 3.63) is 59.1 Å². The van der Waals surface area contributed by atoms with Gasteiger partial charge in [0.2, 0.25) is 11.8 Å². The van der Waals surface area contributed by atoms with Crippen LogP contribution in [0, 0.1) is 0 Å². The molecule has 4 rings (SSSR count). The molecule has 3 heterocycles. The molecular formula is C22H24N6O5S. The highest BCUT2D eigenvalue weighted by atomic mass is 32.2. The SMILES string of the molecule is CC1=C(C(=O)O)N2C(=O)C(NC(=O)C(NC(=O)CCc3cn(C)nn3)c3ccccc3)C2SC1. The average molecular weight is 485 g/mol. The molecule has 0 bridgehead atoms. The molecule has 2 aliphatic rings. The number of carbonyl (C=O) groups is 4. The van der Waals surface area contributed by atoms with Crippen molar-refractivity contribution in [1.29, 1.82) is 0 Å². The van der Waals surface area contributed by atoms with Crippen LogP contribution in [0.3, 0.4) is 0 Å². The Labute approximate surface area is 199 Å². The van der Waals surface area contributed by atoms with E-state index in [0.29, 0.717) is 29.0 Å². The molecule has 34 heavy (non-hydrogen) atoms. The zero-order chi connectivity index (χ0) is 24.4. The van der Waals surface area contributed by atoms with Crippen LogP contribution in [0.5, 0.6) is 0 Å². The van der Waals surface area contributed by atoms with Crippen LogP contribution in [-0.2, 0) is 32.6 Å². The predicted molar refractivity (Wildman–Crippen MR) is 122 cm³/mol. The van der Waals surface area contributed by atoms with Gasteiger partial charge in [-0.1, -0.05) is 35.5 Å². The number of carboxylic acid groups (broad SMARTS) is 1. The van der Waals surface area contributed by atoms with E-state index in [-0.39, 0.29) is 18.0 Å². The summed E-state index contributed by atoms with van der Waals surface area (Å²) in [4.78, 5) is 51.4. The van der Waals surface area contributed by atoms with E-state index in [1.165, 1.54) is 16.7 Å². The van der Waals surface area contributed by atoms with Crippen molar-refractivity contribution in [3.8, 4) is 0 Å². The summed E-state index contributed by atoms with van der Waals surface area (Å²) in [5.74, 6) is -2.10. The molecule has 1 aromatic heterocycles. The number of thioether (sulfide) groups is 1. The van der Waals surface area contributed by atoms with Crippen molar-refractivity contribution in [2.24, 2.45) is 7.05 Å². The third-order valence-corrected chi connectivity index (χ3v) is 7.04. The Morgan fingerprint density at radius 1 is 1.26 bits per heavy atom. The number of aryl methyl sites for hydroxylation is 2. The number of carbonyl (C=O) groups excluding carboxylic acids is 3. The number of amides is 3. The molecular weight excluding hydrogens is 460 g/mol. The molecule has 178 valence electrons. The van der Waals surface area contributed by atoms with Crippen LogP contribution < -0.4 is 10.6 Å². The summed E-state index contributed by atoms with van der Waals surface area (Å²) < 4.78 is 1.54. The Hall–Kier alpha value is -3.67. The predicted octanol–water partition coefficient (Wildman–Crippen LogP) is 0.364. The van der Waals surface area contributed by atoms with Crippen LogP contribution in [0.4, 0.5) is 0 Å². The number of aliphatic carboxylic acids is 1. The van der Waals surface area contributed by atoms with Gasteiger partial charge in [-0.15, -0.1) is 16.9 Å². The van der Waals surface area contributed by atoms with E-state index in [9.17, 15) is 24.3 Å². The number of rotatable bonds is 8. The fourth-order valence-corrected chi connectivity index (χ4v) is 5.24. The molecule has 0 aliphatic carbocycles. The molecule has 12 heteroatoms. The van der Waals surface area contributed by atoms with E-state index in [2.05, 4.69) is 20.9 Å². The maximum Gasteiger partial charge on any atom is 0.352 e. The Balaban J connectivity index is 1.45. The normalized spacial score (nSPS) is 20.3. The van der Waals surface area contributed by atoms with Crippen molar-refractivity contribution >= 4 is 35.5 Å². The molecule has 3 amide bonds. The molecule has 1 saturated heterocycles.